The number of carbonyl (C=O) groups excluding carboxylic acids is 1. The molecule has 130 valence electrons. The molecular weight excluding hydrogens is 320 g/mol. The molecule has 6 heteroatoms. The second kappa shape index (κ2) is 7.79. The predicted octanol–water partition coefficient (Wildman–Crippen LogP) is 4.11. The fraction of sp³-hybridized carbons (Fsp3) is 0.316. The topological polar surface area (TPSA) is 72.7 Å². The Kier molecular flexibility index (Phi) is 5.28. The van der Waals surface area contributed by atoms with Crippen molar-refractivity contribution >= 4 is 11.8 Å². The van der Waals surface area contributed by atoms with E-state index < -0.39 is 4.92 Å². The van der Waals surface area contributed by atoms with Crippen LogP contribution in [0, 0.1) is 10.1 Å². The van der Waals surface area contributed by atoms with Crippen LogP contribution >= 0.6 is 0 Å². The van der Waals surface area contributed by atoms with Crippen LogP contribution in [-0.4, -0.2) is 29.0 Å². The molecule has 0 radical (unpaired) electrons. The SMILES string of the molecule is O=C(OCc1ccccc1)N1CCCC(c2ccc([N+](=O)[O-])cc2)C1. The minimum absolute atomic E-state index is 0.0821. The van der Waals surface area contributed by atoms with E-state index in [-0.39, 0.29) is 24.3 Å². The maximum atomic E-state index is 12.3. The average molecular weight is 340 g/mol. The molecule has 1 aliphatic rings. The van der Waals surface area contributed by atoms with E-state index in [9.17, 15) is 14.9 Å². The number of amides is 1. The van der Waals surface area contributed by atoms with Crippen molar-refractivity contribution in [3.8, 4) is 0 Å². The molecule has 1 fully saturated rings. The zero-order valence-corrected chi connectivity index (χ0v) is 13.8. The normalized spacial score (nSPS) is 17.1. The average Bonchev–Trinajstić information content (AvgIpc) is 2.67. The van der Waals surface area contributed by atoms with E-state index in [4.69, 9.17) is 4.74 Å². The fourth-order valence-electron chi connectivity index (χ4n) is 3.09. The van der Waals surface area contributed by atoms with Crippen molar-refractivity contribution in [1.29, 1.82) is 0 Å². The van der Waals surface area contributed by atoms with Gasteiger partial charge in [-0.25, -0.2) is 4.79 Å². The summed E-state index contributed by atoms with van der Waals surface area (Å²) < 4.78 is 5.40. The summed E-state index contributed by atoms with van der Waals surface area (Å²) in [6.45, 7) is 1.51. The van der Waals surface area contributed by atoms with Gasteiger partial charge in [-0.2, -0.15) is 0 Å². The Morgan fingerprint density at radius 1 is 1.16 bits per heavy atom. The van der Waals surface area contributed by atoms with Crippen molar-refractivity contribution in [1.82, 2.24) is 4.90 Å². The van der Waals surface area contributed by atoms with Gasteiger partial charge in [-0.15, -0.1) is 0 Å². The number of rotatable bonds is 4. The van der Waals surface area contributed by atoms with Gasteiger partial charge in [-0.1, -0.05) is 42.5 Å². The quantitative estimate of drug-likeness (QED) is 0.620. The number of nitrogens with zero attached hydrogens (tertiary/aromatic N) is 2. The van der Waals surface area contributed by atoms with Crippen molar-refractivity contribution < 1.29 is 14.5 Å². The Labute approximate surface area is 146 Å². The third kappa shape index (κ3) is 4.35. The zero-order chi connectivity index (χ0) is 17.6. The van der Waals surface area contributed by atoms with Crippen LogP contribution < -0.4 is 0 Å². The van der Waals surface area contributed by atoms with E-state index >= 15 is 0 Å². The summed E-state index contributed by atoms with van der Waals surface area (Å²) in [6.07, 6.45) is 1.54. The van der Waals surface area contributed by atoms with Crippen molar-refractivity contribution in [2.45, 2.75) is 25.4 Å². The molecule has 1 atom stereocenters. The van der Waals surface area contributed by atoms with Gasteiger partial charge in [0, 0.05) is 31.1 Å². The monoisotopic (exact) mass is 340 g/mol. The standard InChI is InChI=1S/C19H20N2O4/c22-19(25-14-15-5-2-1-3-6-15)20-12-4-7-17(13-20)16-8-10-18(11-9-16)21(23)24/h1-3,5-6,8-11,17H,4,7,12-14H2. The van der Waals surface area contributed by atoms with Crippen molar-refractivity contribution in [3.05, 3.63) is 75.8 Å². The Morgan fingerprint density at radius 2 is 1.88 bits per heavy atom. The van der Waals surface area contributed by atoms with Gasteiger partial charge in [-0.05, 0) is 24.0 Å². The first-order chi connectivity index (χ1) is 12.1. The highest BCUT2D eigenvalue weighted by atomic mass is 16.6. The van der Waals surface area contributed by atoms with Gasteiger partial charge in [0.25, 0.3) is 5.69 Å². The van der Waals surface area contributed by atoms with Crippen molar-refractivity contribution in [2.24, 2.45) is 0 Å². The van der Waals surface area contributed by atoms with Crippen LogP contribution in [0.5, 0.6) is 0 Å². The maximum absolute atomic E-state index is 12.3. The van der Waals surface area contributed by atoms with Gasteiger partial charge in [-0.3, -0.25) is 10.1 Å². The Morgan fingerprint density at radius 3 is 2.56 bits per heavy atom. The van der Waals surface area contributed by atoms with E-state index in [0.29, 0.717) is 13.1 Å². The molecule has 1 unspecified atom stereocenters. The van der Waals surface area contributed by atoms with Gasteiger partial charge < -0.3 is 9.64 Å². The van der Waals surface area contributed by atoms with Crippen molar-refractivity contribution in [3.63, 3.8) is 0 Å². The summed E-state index contributed by atoms with van der Waals surface area (Å²) in [4.78, 5) is 24.4. The number of hydrogen-bond donors (Lipinski definition) is 0. The zero-order valence-electron chi connectivity index (χ0n) is 13.8. The molecule has 0 N–H and O–H groups in total. The number of nitro groups is 1. The molecule has 0 bridgehead atoms. The molecular formula is C19H20N2O4. The van der Waals surface area contributed by atoms with Gasteiger partial charge in [0.1, 0.15) is 6.61 Å². The molecule has 1 heterocycles. The minimum Gasteiger partial charge on any atom is -0.445 e. The molecule has 1 saturated heterocycles. The largest absolute Gasteiger partial charge is 0.445 e. The van der Waals surface area contributed by atoms with Crippen LogP contribution in [0.4, 0.5) is 10.5 Å². The summed E-state index contributed by atoms with van der Waals surface area (Å²) >= 11 is 0. The highest BCUT2D eigenvalue weighted by Gasteiger charge is 2.26. The van der Waals surface area contributed by atoms with Crippen LogP contribution in [-0.2, 0) is 11.3 Å². The Bertz CT molecular complexity index is 731. The first-order valence-electron chi connectivity index (χ1n) is 8.33. The summed E-state index contributed by atoms with van der Waals surface area (Å²) in [5.41, 5.74) is 2.06. The number of piperidine rings is 1. The van der Waals surface area contributed by atoms with Gasteiger partial charge in [0.15, 0.2) is 0 Å². The Hall–Kier alpha value is -2.89. The molecule has 1 aliphatic heterocycles. The van der Waals surface area contributed by atoms with Crippen LogP contribution in [0.15, 0.2) is 54.6 Å². The molecule has 0 saturated carbocycles. The molecule has 6 nitrogen and oxygen atoms in total. The first kappa shape index (κ1) is 17.0. The Balaban J connectivity index is 1.58. The van der Waals surface area contributed by atoms with E-state index in [0.717, 1.165) is 24.0 Å². The summed E-state index contributed by atoms with van der Waals surface area (Å²) in [7, 11) is 0. The number of non-ortho nitro benzene ring substituents is 1. The van der Waals surface area contributed by atoms with Crippen molar-refractivity contribution in [2.75, 3.05) is 13.1 Å². The first-order valence-corrected chi connectivity index (χ1v) is 8.33. The second-order valence-corrected chi connectivity index (χ2v) is 6.17. The van der Waals surface area contributed by atoms with E-state index in [1.807, 2.05) is 30.3 Å². The minimum atomic E-state index is -0.405. The summed E-state index contributed by atoms with van der Waals surface area (Å²) in [5.74, 6) is 0.179. The molecule has 2 aromatic rings. The molecule has 3 rings (SSSR count). The lowest BCUT2D eigenvalue weighted by molar-refractivity contribution is -0.384. The maximum Gasteiger partial charge on any atom is 0.410 e. The third-order valence-corrected chi connectivity index (χ3v) is 4.46. The number of nitro benzene ring substituents is 1. The number of carbonyl (C=O) groups is 1. The number of likely N-dealkylation sites (tertiary alicyclic amines) is 1. The van der Waals surface area contributed by atoms with E-state index in [2.05, 4.69) is 0 Å². The predicted molar refractivity (Wildman–Crippen MR) is 93.3 cm³/mol. The smallest absolute Gasteiger partial charge is 0.410 e. The lowest BCUT2D eigenvalue weighted by atomic mass is 9.91. The van der Waals surface area contributed by atoms with Gasteiger partial charge in [0.05, 0.1) is 4.92 Å². The highest BCUT2D eigenvalue weighted by molar-refractivity contribution is 5.68. The molecule has 0 spiro atoms. The molecule has 1 amide bonds. The number of ether oxygens (including phenoxy) is 1. The third-order valence-electron chi connectivity index (χ3n) is 4.46. The van der Waals surface area contributed by atoms with Crippen LogP contribution in [0.1, 0.15) is 29.9 Å². The highest BCUT2D eigenvalue weighted by Crippen LogP contribution is 2.28. The van der Waals surface area contributed by atoms with Crippen LogP contribution in [0.3, 0.4) is 0 Å². The molecule has 2 aromatic carbocycles. The van der Waals surface area contributed by atoms with E-state index in [1.165, 1.54) is 12.1 Å². The summed E-state index contributed by atoms with van der Waals surface area (Å²) in [5, 5.41) is 10.8. The van der Waals surface area contributed by atoms with Gasteiger partial charge in [0.2, 0.25) is 0 Å². The number of hydrogen-bond acceptors (Lipinski definition) is 4. The lowest BCUT2D eigenvalue weighted by Gasteiger charge is -2.32. The molecule has 25 heavy (non-hydrogen) atoms. The van der Waals surface area contributed by atoms with Crippen LogP contribution in [0.25, 0.3) is 0 Å². The van der Waals surface area contributed by atoms with Gasteiger partial charge >= 0.3 is 6.09 Å². The second-order valence-electron chi connectivity index (χ2n) is 6.17. The van der Waals surface area contributed by atoms with E-state index in [1.54, 1.807) is 17.0 Å². The molecule has 0 aliphatic carbocycles. The molecule has 0 aromatic heterocycles. The number of benzene rings is 2. The summed E-state index contributed by atoms with van der Waals surface area (Å²) in [6, 6.07) is 16.2. The fourth-order valence-corrected chi connectivity index (χ4v) is 3.09. The lowest BCUT2D eigenvalue weighted by Crippen LogP contribution is -2.39. The van der Waals surface area contributed by atoms with Crippen LogP contribution in [0.2, 0.25) is 0 Å².